The van der Waals surface area contributed by atoms with E-state index in [9.17, 15) is 15.0 Å². The fourth-order valence-corrected chi connectivity index (χ4v) is 4.36. The molecule has 3 nitrogen and oxygen atoms in total. The summed E-state index contributed by atoms with van der Waals surface area (Å²) in [4.78, 5) is 11.7. The van der Waals surface area contributed by atoms with Gasteiger partial charge in [0.25, 0.3) is 0 Å². The van der Waals surface area contributed by atoms with Crippen molar-refractivity contribution >= 4 is 5.97 Å². The molecule has 2 N–H and O–H groups in total. The van der Waals surface area contributed by atoms with E-state index in [0.717, 1.165) is 43.2 Å². The first-order chi connectivity index (χ1) is 11.0. The third kappa shape index (κ3) is 4.31. The summed E-state index contributed by atoms with van der Waals surface area (Å²) in [5, 5.41) is 20.1. The number of aromatic hydroxyl groups is 1. The van der Waals surface area contributed by atoms with Gasteiger partial charge in [0.05, 0.1) is 0 Å². The van der Waals surface area contributed by atoms with E-state index in [2.05, 4.69) is 40.7 Å². The van der Waals surface area contributed by atoms with Crippen LogP contribution in [0.3, 0.4) is 0 Å². The summed E-state index contributed by atoms with van der Waals surface area (Å²) in [6.07, 6.45) is 6.57. The molecule has 1 saturated carbocycles. The van der Waals surface area contributed by atoms with Gasteiger partial charge in [0, 0.05) is 0 Å². The minimum Gasteiger partial charge on any atom is -0.507 e. The van der Waals surface area contributed by atoms with Gasteiger partial charge in [-0.2, -0.15) is 0 Å². The molecule has 3 heteroatoms. The van der Waals surface area contributed by atoms with Gasteiger partial charge in [0.15, 0.2) is 0 Å². The van der Waals surface area contributed by atoms with Gasteiger partial charge in [0.1, 0.15) is 11.3 Å². The van der Waals surface area contributed by atoms with Crippen molar-refractivity contribution in [3.63, 3.8) is 0 Å². The summed E-state index contributed by atoms with van der Waals surface area (Å²) in [6, 6.07) is 3.75. The molecule has 0 spiro atoms. The van der Waals surface area contributed by atoms with Crippen molar-refractivity contribution in [2.45, 2.75) is 84.5 Å². The third-order valence-corrected chi connectivity index (χ3v) is 5.17. The van der Waals surface area contributed by atoms with Crippen molar-refractivity contribution in [2.75, 3.05) is 0 Å². The molecule has 1 aliphatic carbocycles. The van der Waals surface area contributed by atoms with Gasteiger partial charge in [-0.15, -0.1) is 0 Å². The van der Waals surface area contributed by atoms with Gasteiger partial charge in [-0.25, -0.2) is 4.79 Å². The molecule has 1 aromatic rings. The van der Waals surface area contributed by atoms with Crippen LogP contribution in [0.15, 0.2) is 12.1 Å². The first kappa shape index (κ1) is 18.8. The highest BCUT2D eigenvalue weighted by Crippen LogP contribution is 2.43. The first-order valence-corrected chi connectivity index (χ1v) is 9.12. The Balaban J connectivity index is 2.52. The lowest BCUT2D eigenvalue weighted by molar-refractivity contribution is 0.0693. The van der Waals surface area contributed by atoms with Gasteiger partial charge in [0.2, 0.25) is 0 Å². The van der Waals surface area contributed by atoms with Crippen LogP contribution in [0.2, 0.25) is 0 Å². The summed E-state index contributed by atoms with van der Waals surface area (Å²) in [5.74, 6) is -0.787. The predicted octanol–water partition coefficient (Wildman–Crippen LogP) is 5.85. The fourth-order valence-electron chi connectivity index (χ4n) is 4.36. The van der Waals surface area contributed by atoms with Gasteiger partial charge in [-0.05, 0) is 53.2 Å². The molecule has 0 aliphatic heterocycles. The fraction of sp³-hybridized carbons (Fsp3) is 0.667. The molecule has 0 unspecified atom stereocenters. The Morgan fingerprint density at radius 1 is 1.08 bits per heavy atom. The van der Waals surface area contributed by atoms with E-state index in [-0.39, 0.29) is 28.1 Å². The molecule has 1 fully saturated rings. The van der Waals surface area contributed by atoms with Gasteiger partial charge in [-0.3, -0.25) is 0 Å². The van der Waals surface area contributed by atoms with Crippen LogP contribution in [0.1, 0.15) is 101 Å². The zero-order valence-electron chi connectivity index (χ0n) is 15.8. The van der Waals surface area contributed by atoms with Crippen LogP contribution in [0.5, 0.6) is 5.75 Å². The van der Waals surface area contributed by atoms with Crippen molar-refractivity contribution in [3.05, 3.63) is 28.8 Å². The van der Waals surface area contributed by atoms with E-state index in [1.165, 1.54) is 6.42 Å². The zero-order valence-corrected chi connectivity index (χ0v) is 15.8. The van der Waals surface area contributed by atoms with Crippen LogP contribution in [0, 0.1) is 5.41 Å². The summed E-state index contributed by atoms with van der Waals surface area (Å²) in [5.41, 5.74) is 1.92. The second-order valence-electron chi connectivity index (χ2n) is 9.22. The third-order valence-electron chi connectivity index (χ3n) is 5.17. The summed E-state index contributed by atoms with van der Waals surface area (Å²) in [6.45, 7) is 10.9. The second kappa shape index (κ2) is 6.78. The number of aromatic carboxylic acids is 1. The SMILES string of the molecule is CC(C)(C)CC(C)(C)c1cc(C(=O)O)c(O)c(C2CCCCC2)c1. The number of carbonyl (C=O) groups is 1. The molecule has 1 aliphatic rings. The molecule has 0 amide bonds. The maximum absolute atomic E-state index is 11.7. The molecule has 0 aromatic heterocycles. The van der Waals surface area contributed by atoms with Crippen molar-refractivity contribution in [1.82, 2.24) is 0 Å². The Hall–Kier alpha value is -1.51. The maximum Gasteiger partial charge on any atom is 0.339 e. The Bertz CT molecular complexity index is 602. The van der Waals surface area contributed by atoms with E-state index >= 15 is 0 Å². The van der Waals surface area contributed by atoms with Crippen LogP contribution in [0.4, 0.5) is 0 Å². The van der Waals surface area contributed by atoms with E-state index in [1.54, 1.807) is 6.07 Å². The molecular formula is C21H32O3. The molecule has 0 atom stereocenters. The maximum atomic E-state index is 11.7. The van der Waals surface area contributed by atoms with Crippen LogP contribution >= 0.6 is 0 Å². The van der Waals surface area contributed by atoms with Crippen molar-refractivity contribution in [3.8, 4) is 5.75 Å². The van der Waals surface area contributed by atoms with Crippen molar-refractivity contribution < 1.29 is 15.0 Å². The zero-order chi connectivity index (χ0) is 18.1. The summed E-state index contributed by atoms with van der Waals surface area (Å²) in [7, 11) is 0. The van der Waals surface area contributed by atoms with Gasteiger partial charge in [-0.1, -0.05) is 59.9 Å². The molecule has 0 heterocycles. The molecule has 1 aromatic carbocycles. The normalized spacial score (nSPS) is 17.0. The monoisotopic (exact) mass is 332 g/mol. The topological polar surface area (TPSA) is 57.5 Å². The Morgan fingerprint density at radius 2 is 1.67 bits per heavy atom. The molecule has 134 valence electrons. The standard InChI is InChI=1S/C21H32O3/c1-20(2,3)13-21(4,5)15-11-16(14-9-7-6-8-10-14)18(22)17(12-15)19(23)24/h11-12,14,22H,6-10,13H2,1-5H3,(H,23,24). The summed E-state index contributed by atoms with van der Waals surface area (Å²) < 4.78 is 0. The van der Waals surface area contributed by atoms with Crippen molar-refractivity contribution in [2.24, 2.45) is 5.41 Å². The minimum absolute atomic E-state index is 0.0234. The average molecular weight is 332 g/mol. The van der Waals surface area contributed by atoms with Crippen LogP contribution < -0.4 is 0 Å². The number of benzene rings is 1. The van der Waals surface area contributed by atoms with E-state index in [0.29, 0.717) is 0 Å². The number of hydrogen-bond donors (Lipinski definition) is 2. The van der Waals surface area contributed by atoms with Gasteiger partial charge < -0.3 is 10.2 Å². The van der Waals surface area contributed by atoms with E-state index < -0.39 is 5.97 Å². The lowest BCUT2D eigenvalue weighted by Gasteiger charge is -2.34. The molecule has 0 saturated heterocycles. The highest BCUT2D eigenvalue weighted by Gasteiger charge is 2.31. The summed E-state index contributed by atoms with van der Waals surface area (Å²) >= 11 is 0. The number of phenols is 1. The average Bonchev–Trinajstić information content (AvgIpc) is 2.45. The molecular weight excluding hydrogens is 300 g/mol. The smallest absolute Gasteiger partial charge is 0.339 e. The second-order valence-corrected chi connectivity index (χ2v) is 9.22. The van der Waals surface area contributed by atoms with Crippen molar-refractivity contribution in [1.29, 1.82) is 0 Å². The molecule has 0 radical (unpaired) electrons. The van der Waals surface area contributed by atoms with E-state index in [4.69, 9.17) is 0 Å². The van der Waals surface area contributed by atoms with Crippen LogP contribution in [-0.2, 0) is 5.41 Å². The largest absolute Gasteiger partial charge is 0.507 e. The minimum atomic E-state index is -1.04. The quantitative estimate of drug-likeness (QED) is 0.727. The Labute approximate surface area is 146 Å². The predicted molar refractivity (Wildman–Crippen MR) is 98.0 cm³/mol. The number of carboxylic acid groups (broad SMARTS) is 1. The van der Waals surface area contributed by atoms with E-state index in [1.807, 2.05) is 0 Å². The Kier molecular flexibility index (Phi) is 5.31. The highest BCUT2D eigenvalue weighted by atomic mass is 16.4. The molecule has 24 heavy (non-hydrogen) atoms. The van der Waals surface area contributed by atoms with Crippen LogP contribution in [-0.4, -0.2) is 16.2 Å². The lowest BCUT2D eigenvalue weighted by Crippen LogP contribution is -2.25. The highest BCUT2D eigenvalue weighted by molar-refractivity contribution is 5.91. The number of hydrogen-bond acceptors (Lipinski definition) is 2. The molecule has 0 bridgehead atoms. The molecule has 2 rings (SSSR count). The number of carboxylic acids is 1. The first-order valence-electron chi connectivity index (χ1n) is 9.12. The lowest BCUT2D eigenvalue weighted by atomic mass is 9.71. The number of rotatable bonds is 4. The van der Waals surface area contributed by atoms with Crippen LogP contribution in [0.25, 0.3) is 0 Å². The Morgan fingerprint density at radius 3 is 2.17 bits per heavy atom. The van der Waals surface area contributed by atoms with Gasteiger partial charge >= 0.3 is 5.97 Å².